The van der Waals surface area contributed by atoms with E-state index in [9.17, 15) is 0 Å². The lowest BCUT2D eigenvalue weighted by Crippen LogP contribution is -2.39. The highest BCUT2D eigenvalue weighted by Crippen LogP contribution is 2.27. The number of fused-ring (bicyclic) bond motifs is 1. The van der Waals surface area contributed by atoms with Gasteiger partial charge >= 0.3 is 0 Å². The SMILES string of the molecule is Cl.c1csc(CN2CCC3CNCC3C2)n1. The molecule has 0 bridgehead atoms. The van der Waals surface area contributed by atoms with Crippen LogP contribution in [-0.2, 0) is 6.54 Å². The van der Waals surface area contributed by atoms with Crippen molar-refractivity contribution in [2.75, 3.05) is 26.2 Å². The standard InChI is InChI=1S/C11H17N3S.ClH/c1-3-14(8-11-13-2-4-15-11)7-10-6-12-5-9(1)10;/h2,4,9-10,12H,1,3,5-8H2;1H. The van der Waals surface area contributed by atoms with Gasteiger partial charge in [0.15, 0.2) is 0 Å². The second kappa shape index (κ2) is 5.45. The van der Waals surface area contributed by atoms with Gasteiger partial charge in [-0.1, -0.05) is 0 Å². The van der Waals surface area contributed by atoms with Crippen LogP contribution in [0.5, 0.6) is 0 Å². The molecule has 3 nitrogen and oxygen atoms in total. The van der Waals surface area contributed by atoms with Crippen LogP contribution in [0.2, 0.25) is 0 Å². The first-order valence-corrected chi connectivity index (χ1v) is 6.61. The van der Waals surface area contributed by atoms with Gasteiger partial charge in [0, 0.05) is 18.1 Å². The summed E-state index contributed by atoms with van der Waals surface area (Å²) in [4.78, 5) is 6.92. The quantitative estimate of drug-likeness (QED) is 0.875. The average molecular weight is 260 g/mol. The summed E-state index contributed by atoms with van der Waals surface area (Å²) in [5.41, 5.74) is 0. The molecule has 2 fully saturated rings. The van der Waals surface area contributed by atoms with Crippen molar-refractivity contribution in [2.45, 2.75) is 13.0 Å². The minimum atomic E-state index is 0. The van der Waals surface area contributed by atoms with Gasteiger partial charge < -0.3 is 5.32 Å². The van der Waals surface area contributed by atoms with Crippen LogP contribution in [0, 0.1) is 11.8 Å². The van der Waals surface area contributed by atoms with E-state index in [2.05, 4.69) is 20.6 Å². The first-order chi connectivity index (χ1) is 7.42. The van der Waals surface area contributed by atoms with Gasteiger partial charge in [-0.3, -0.25) is 4.90 Å². The Morgan fingerprint density at radius 2 is 2.31 bits per heavy atom. The molecule has 2 aliphatic heterocycles. The molecule has 0 saturated carbocycles. The van der Waals surface area contributed by atoms with E-state index in [0.29, 0.717) is 0 Å². The molecule has 3 heterocycles. The van der Waals surface area contributed by atoms with Gasteiger partial charge in [-0.2, -0.15) is 0 Å². The Morgan fingerprint density at radius 1 is 1.44 bits per heavy atom. The van der Waals surface area contributed by atoms with Crippen molar-refractivity contribution in [3.05, 3.63) is 16.6 Å². The van der Waals surface area contributed by atoms with Crippen LogP contribution >= 0.6 is 23.7 Å². The zero-order valence-corrected chi connectivity index (χ0v) is 10.9. The summed E-state index contributed by atoms with van der Waals surface area (Å²) >= 11 is 1.77. The largest absolute Gasteiger partial charge is 0.316 e. The van der Waals surface area contributed by atoms with Gasteiger partial charge in [-0.05, 0) is 37.9 Å². The van der Waals surface area contributed by atoms with Crippen LogP contribution in [0.3, 0.4) is 0 Å². The molecule has 1 N–H and O–H groups in total. The van der Waals surface area contributed by atoms with Crippen molar-refractivity contribution in [3.8, 4) is 0 Å². The van der Waals surface area contributed by atoms with Crippen LogP contribution < -0.4 is 5.32 Å². The zero-order chi connectivity index (χ0) is 10.1. The van der Waals surface area contributed by atoms with Gasteiger partial charge in [-0.15, -0.1) is 23.7 Å². The molecular formula is C11H18ClN3S. The van der Waals surface area contributed by atoms with Crippen LogP contribution in [-0.4, -0.2) is 36.1 Å². The number of nitrogens with one attached hydrogen (secondary N) is 1. The number of piperidine rings is 1. The molecule has 90 valence electrons. The first kappa shape index (κ1) is 12.3. The summed E-state index contributed by atoms with van der Waals surface area (Å²) in [7, 11) is 0. The summed E-state index contributed by atoms with van der Waals surface area (Å²) in [6.45, 7) is 6.04. The molecule has 2 unspecified atom stereocenters. The molecule has 3 rings (SSSR count). The third kappa shape index (κ3) is 2.56. The minimum absolute atomic E-state index is 0. The van der Waals surface area contributed by atoms with E-state index >= 15 is 0 Å². The number of nitrogens with zero attached hydrogens (tertiary/aromatic N) is 2. The molecular weight excluding hydrogens is 242 g/mol. The number of hydrogen-bond acceptors (Lipinski definition) is 4. The zero-order valence-electron chi connectivity index (χ0n) is 9.26. The molecule has 2 aliphatic rings. The Bertz CT molecular complexity index is 317. The number of halogens is 1. The lowest BCUT2D eigenvalue weighted by Gasteiger charge is -2.33. The fourth-order valence-corrected chi connectivity index (χ4v) is 3.43. The van der Waals surface area contributed by atoms with Gasteiger partial charge in [0.2, 0.25) is 0 Å². The Kier molecular flexibility index (Phi) is 4.19. The first-order valence-electron chi connectivity index (χ1n) is 5.73. The Balaban J connectivity index is 0.000000963. The Hall–Kier alpha value is -0.160. The van der Waals surface area contributed by atoms with Crippen molar-refractivity contribution in [1.82, 2.24) is 15.2 Å². The molecule has 2 atom stereocenters. The van der Waals surface area contributed by atoms with Gasteiger partial charge in [0.1, 0.15) is 5.01 Å². The molecule has 1 aromatic heterocycles. The monoisotopic (exact) mass is 259 g/mol. The second-order valence-electron chi connectivity index (χ2n) is 4.63. The van der Waals surface area contributed by atoms with Crippen LogP contribution in [0.1, 0.15) is 11.4 Å². The van der Waals surface area contributed by atoms with Crippen molar-refractivity contribution in [3.63, 3.8) is 0 Å². The van der Waals surface area contributed by atoms with E-state index in [4.69, 9.17) is 0 Å². The summed E-state index contributed by atoms with van der Waals surface area (Å²) < 4.78 is 0. The molecule has 0 spiro atoms. The second-order valence-corrected chi connectivity index (χ2v) is 5.61. The summed E-state index contributed by atoms with van der Waals surface area (Å²) in [5.74, 6) is 1.83. The molecule has 0 amide bonds. The van der Waals surface area contributed by atoms with Gasteiger partial charge in [0.05, 0.1) is 6.54 Å². The van der Waals surface area contributed by atoms with Crippen molar-refractivity contribution < 1.29 is 0 Å². The molecule has 5 heteroatoms. The molecule has 0 aliphatic carbocycles. The van der Waals surface area contributed by atoms with E-state index in [-0.39, 0.29) is 12.4 Å². The molecule has 0 aromatic carbocycles. The third-order valence-electron chi connectivity index (χ3n) is 3.63. The maximum atomic E-state index is 4.36. The third-order valence-corrected chi connectivity index (χ3v) is 4.40. The Labute approximate surface area is 107 Å². The molecule has 1 aromatic rings. The van der Waals surface area contributed by atoms with E-state index in [1.54, 1.807) is 11.3 Å². The van der Waals surface area contributed by atoms with Crippen LogP contribution in [0.25, 0.3) is 0 Å². The molecule has 2 saturated heterocycles. The summed E-state index contributed by atoms with van der Waals surface area (Å²) in [5, 5.41) is 6.84. The lowest BCUT2D eigenvalue weighted by molar-refractivity contribution is 0.142. The molecule has 0 radical (unpaired) electrons. The molecule has 16 heavy (non-hydrogen) atoms. The van der Waals surface area contributed by atoms with Crippen molar-refractivity contribution in [2.24, 2.45) is 11.8 Å². The summed E-state index contributed by atoms with van der Waals surface area (Å²) in [6, 6.07) is 0. The highest BCUT2D eigenvalue weighted by molar-refractivity contribution is 7.09. The highest BCUT2D eigenvalue weighted by Gasteiger charge is 2.32. The number of rotatable bonds is 2. The predicted octanol–water partition coefficient (Wildman–Crippen LogP) is 1.61. The van der Waals surface area contributed by atoms with Crippen LogP contribution in [0.4, 0.5) is 0 Å². The number of likely N-dealkylation sites (tertiary alicyclic amines) is 1. The maximum absolute atomic E-state index is 4.36. The van der Waals surface area contributed by atoms with Crippen LogP contribution in [0.15, 0.2) is 11.6 Å². The highest BCUT2D eigenvalue weighted by atomic mass is 35.5. The smallest absolute Gasteiger partial charge is 0.107 e. The Morgan fingerprint density at radius 3 is 3.12 bits per heavy atom. The maximum Gasteiger partial charge on any atom is 0.107 e. The van der Waals surface area contributed by atoms with E-state index in [1.807, 2.05) is 6.20 Å². The summed E-state index contributed by atoms with van der Waals surface area (Å²) in [6.07, 6.45) is 3.27. The number of aromatic nitrogens is 1. The minimum Gasteiger partial charge on any atom is -0.316 e. The van der Waals surface area contributed by atoms with Crippen molar-refractivity contribution in [1.29, 1.82) is 0 Å². The van der Waals surface area contributed by atoms with E-state index in [1.165, 1.54) is 37.6 Å². The predicted molar refractivity (Wildman–Crippen MR) is 69.1 cm³/mol. The van der Waals surface area contributed by atoms with Gasteiger partial charge in [-0.25, -0.2) is 4.98 Å². The fraction of sp³-hybridized carbons (Fsp3) is 0.727. The number of thiazole rings is 1. The normalized spacial score (nSPS) is 29.8. The average Bonchev–Trinajstić information content (AvgIpc) is 2.87. The fourth-order valence-electron chi connectivity index (χ4n) is 2.78. The van der Waals surface area contributed by atoms with E-state index < -0.39 is 0 Å². The van der Waals surface area contributed by atoms with E-state index in [0.717, 1.165) is 18.4 Å². The number of hydrogen-bond donors (Lipinski definition) is 1. The van der Waals surface area contributed by atoms with Crippen molar-refractivity contribution >= 4 is 23.7 Å². The van der Waals surface area contributed by atoms with Gasteiger partial charge in [0.25, 0.3) is 0 Å². The lowest BCUT2D eigenvalue weighted by atomic mass is 9.89. The topological polar surface area (TPSA) is 28.2 Å².